The predicted molar refractivity (Wildman–Crippen MR) is 75.8 cm³/mol. The second kappa shape index (κ2) is 6.16. The highest BCUT2D eigenvalue weighted by Gasteiger charge is 2.16. The van der Waals surface area contributed by atoms with Crippen molar-refractivity contribution in [2.75, 3.05) is 37.6 Å². The predicted octanol–water partition coefficient (Wildman–Crippen LogP) is 1.63. The summed E-state index contributed by atoms with van der Waals surface area (Å²) in [6.07, 6.45) is 2.90. The van der Waals surface area contributed by atoms with Gasteiger partial charge in [0.05, 0.1) is 17.6 Å². The normalized spacial score (nSPS) is 18.9. The lowest BCUT2D eigenvalue weighted by Gasteiger charge is -2.35. The van der Waals surface area contributed by atoms with E-state index in [4.69, 9.17) is 5.73 Å². The van der Waals surface area contributed by atoms with Gasteiger partial charge in [-0.2, -0.15) is 0 Å². The number of piperazine rings is 1. The van der Waals surface area contributed by atoms with Crippen LogP contribution in [-0.4, -0.2) is 42.6 Å². The van der Waals surface area contributed by atoms with E-state index in [1.54, 1.807) is 0 Å². The molecule has 100 valence electrons. The summed E-state index contributed by atoms with van der Waals surface area (Å²) in [7, 11) is 0. The molecule has 1 fully saturated rings. The van der Waals surface area contributed by atoms with Gasteiger partial charge < -0.3 is 15.5 Å². The Morgan fingerprint density at radius 1 is 1.22 bits per heavy atom. The molecule has 18 heavy (non-hydrogen) atoms. The molecule has 2 heterocycles. The maximum Gasteiger partial charge on any atom is 0.0572 e. The summed E-state index contributed by atoms with van der Waals surface area (Å²) in [5.74, 6) is 0. The summed E-state index contributed by atoms with van der Waals surface area (Å²) < 4.78 is 0. The zero-order valence-corrected chi connectivity index (χ0v) is 11.5. The monoisotopic (exact) mass is 248 g/mol. The number of hydrogen-bond acceptors (Lipinski definition) is 4. The van der Waals surface area contributed by atoms with E-state index in [1.807, 2.05) is 6.20 Å². The fourth-order valence-corrected chi connectivity index (χ4v) is 2.34. The van der Waals surface area contributed by atoms with E-state index in [0.29, 0.717) is 0 Å². The third-order valence-electron chi connectivity index (χ3n) is 3.78. The van der Waals surface area contributed by atoms with E-state index < -0.39 is 0 Å². The third kappa shape index (κ3) is 3.00. The van der Waals surface area contributed by atoms with Crippen molar-refractivity contribution < 1.29 is 0 Å². The molecule has 1 aromatic rings. The molecule has 1 atom stereocenters. The molecule has 2 N–H and O–H groups in total. The first-order valence-electron chi connectivity index (χ1n) is 6.93. The molecule has 4 nitrogen and oxygen atoms in total. The Balaban J connectivity index is 1.98. The molecular formula is C14H24N4. The standard InChI is InChI=1S/C14H24N4/c1-3-13(15)14-6-5-12(11-16-14)18-9-7-17(4-2)8-10-18/h5-6,11,13H,3-4,7-10,15H2,1-2H3. The number of nitrogens with zero attached hydrogens (tertiary/aromatic N) is 3. The molecular weight excluding hydrogens is 224 g/mol. The number of rotatable bonds is 4. The van der Waals surface area contributed by atoms with E-state index >= 15 is 0 Å². The average Bonchev–Trinajstić information content (AvgIpc) is 2.47. The van der Waals surface area contributed by atoms with Gasteiger partial charge in [-0.1, -0.05) is 13.8 Å². The maximum atomic E-state index is 5.98. The SMILES string of the molecule is CCC(N)c1ccc(N2CCN(CC)CC2)cn1. The Kier molecular flexibility index (Phi) is 4.55. The van der Waals surface area contributed by atoms with Crippen LogP contribution >= 0.6 is 0 Å². The van der Waals surface area contributed by atoms with Crippen LogP contribution in [0.4, 0.5) is 5.69 Å². The molecule has 1 aromatic heterocycles. The fraction of sp³-hybridized carbons (Fsp3) is 0.643. The summed E-state index contributed by atoms with van der Waals surface area (Å²) >= 11 is 0. The van der Waals surface area contributed by atoms with Gasteiger partial charge in [-0.3, -0.25) is 4.98 Å². The van der Waals surface area contributed by atoms with Gasteiger partial charge >= 0.3 is 0 Å². The molecule has 0 amide bonds. The van der Waals surface area contributed by atoms with E-state index in [2.05, 4.69) is 40.8 Å². The third-order valence-corrected chi connectivity index (χ3v) is 3.78. The van der Waals surface area contributed by atoms with Gasteiger partial charge in [0.1, 0.15) is 0 Å². The second-order valence-electron chi connectivity index (χ2n) is 4.88. The highest BCUT2D eigenvalue weighted by atomic mass is 15.3. The number of hydrogen-bond donors (Lipinski definition) is 1. The Bertz CT molecular complexity index is 355. The highest BCUT2D eigenvalue weighted by molar-refractivity contribution is 5.45. The Hall–Kier alpha value is -1.13. The molecule has 0 aromatic carbocycles. The lowest BCUT2D eigenvalue weighted by Crippen LogP contribution is -2.46. The van der Waals surface area contributed by atoms with Crippen LogP contribution in [0.3, 0.4) is 0 Å². The van der Waals surface area contributed by atoms with Crippen LogP contribution in [0.15, 0.2) is 18.3 Å². The summed E-state index contributed by atoms with van der Waals surface area (Å²) in [6.45, 7) is 9.93. The van der Waals surface area contributed by atoms with Gasteiger partial charge in [-0.15, -0.1) is 0 Å². The quantitative estimate of drug-likeness (QED) is 0.880. The Morgan fingerprint density at radius 2 is 1.94 bits per heavy atom. The van der Waals surface area contributed by atoms with Crippen LogP contribution in [0.1, 0.15) is 32.0 Å². The van der Waals surface area contributed by atoms with Gasteiger partial charge in [-0.25, -0.2) is 0 Å². The van der Waals surface area contributed by atoms with E-state index in [0.717, 1.165) is 44.8 Å². The van der Waals surface area contributed by atoms with Crippen molar-refractivity contribution in [3.63, 3.8) is 0 Å². The van der Waals surface area contributed by atoms with E-state index in [1.165, 1.54) is 5.69 Å². The number of likely N-dealkylation sites (N-methyl/N-ethyl adjacent to an activating group) is 1. The first-order chi connectivity index (χ1) is 8.74. The average molecular weight is 248 g/mol. The first kappa shape index (κ1) is 13.3. The van der Waals surface area contributed by atoms with Crippen molar-refractivity contribution in [2.24, 2.45) is 5.73 Å². The van der Waals surface area contributed by atoms with E-state index in [-0.39, 0.29) is 6.04 Å². The van der Waals surface area contributed by atoms with Crippen LogP contribution in [0, 0.1) is 0 Å². The van der Waals surface area contributed by atoms with Crippen molar-refractivity contribution in [1.29, 1.82) is 0 Å². The molecule has 1 aliphatic rings. The van der Waals surface area contributed by atoms with E-state index in [9.17, 15) is 0 Å². The zero-order valence-electron chi connectivity index (χ0n) is 11.5. The molecule has 4 heteroatoms. The number of anilines is 1. The molecule has 0 saturated carbocycles. The highest BCUT2D eigenvalue weighted by Crippen LogP contribution is 2.18. The largest absolute Gasteiger partial charge is 0.368 e. The summed E-state index contributed by atoms with van der Waals surface area (Å²) in [6, 6.07) is 4.28. The van der Waals surface area contributed by atoms with Crippen molar-refractivity contribution in [3.05, 3.63) is 24.0 Å². The first-order valence-corrected chi connectivity index (χ1v) is 6.93. The van der Waals surface area contributed by atoms with Crippen LogP contribution < -0.4 is 10.6 Å². The summed E-state index contributed by atoms with van der Waals surface area (Å²) in [5, 5.41) is 0. The smallest absolute Gasteiger partial charge is 0.0572 e. The van der Waals surface area contributed by atoms with Crippen LogP contribution in [0.2, 0.25) is 0 Å². The minimum Gasteiger partial charge on any atom is -0.368 e. The van der Waals surface area contributed by atoms with Gasteiger partial charge in [0.15, 0.2) is 0 Å². The fourth-order valence-electron chi connectivity index (χ4n) is 2.34. The van der Waals surface area contributed by atoms with Gasteiger partial charge in [-0.05, 0) is 25.1 Å². The Morgan fingerprint density at radius 3 is 2.44 bits per heavy atom. The van der Waals surface area contributed by atoms with Crippen LogP contribution in [0.5, 0.6) is 0 Å². The minimum absolute atomic E-state index is 0.0657. The van der Waals surface area contributed by atoms with Crippen molar-refractivity contribution in [3.8, 4) is 0 Å². The number of aromatic nitrogens is 1. The molecule has 0 aliphatic carbocycles. The summed E-state index contributed by atoms with van der Waals surface area (Å²) in [4.78, 5) is 9.36. The number of pyridine rings is 1. The molecule has 1 saturated heterocycles. The van der Waals surface area contributed by atoms with Gasteiger partial charge in [0.25, 0.3) is 0 Å². The molecule has 0 bridgehead atoms. The lowest BCUT2D eigenvalue weighted by molar-refractivity contribution is 0.271. The van der Waals surface area contributed by atoms with Crippen LogP contribution in [0.25, 0.3) is 0 Å². The molecule has 0 radical (unpaired) electrons. The maximum absolute atomic E-state index is 5.98. The summed E-state index contributed by atoms with van der Waals surface area (Å²) in [5.41, 5.74) is 8.19. The van der Waals surface area contributed by atoms with Crippen LogP contribution in [-0.2, 0) is 0 Å². The van der Waals surface area contributed by atoms with Crippen molar-refractivity contribution in [2.45, 2.75) is 26.3 Å². The molecule has 0 spiro atoms. The van der Waals surface area contributed by atoms with Crippen molar-refractivity contribution in [1.82, 2.24) is 9.88 Å². The molecule has 1 aliphatic heterocycles. The minimum atomic E-state index is 0.0657. The molecule has 1 unspecified atom stereocenters. The van der Waals surface area contributed by atoms with Gasteiger partial charge in [0.2, 0.25) is 0 Å². The van der Waals surface area contributed by atoms with Crippen molar-refractivity contribution >= 4 is 5.69 Å². The molecule has 2 rings (SSSR count). The lowest BCUT2D eigenvalue weighted by atomic mass is 10.1. The van der Waals surface area contributed by atoms with Gasteiger partial charge in [0, 0.05) is 32.2 Å². The number of nitrogens with two attached hydrogens (primary N) is 1. The topological polar surface area (TPSA) is 45.4 Å². The Labute approximate surface area is 110 Å². The zero-order chi connectivity index (χ0) is 13.0. The second-order valence-corrected chi connectivity index (χ2v) is 4.88.